The van der Waals surface area contributed by atoms with Crippen LogP contribution < -0.4 is 0 Å². The van der Waals surface area contributed by atoms with Crippen molar-refractivity contribution < 1.29 is 0 Å². The van der Waals surface area contributed by atoms with Crippen molar-refractivity contribution in [2.24, 2.45) is 0 Å². The summed E-state index contributed by atoms with van der Waals surface area (Å²) in [4.78, 5) is 9.92. The molecule has 1 heterocycles. The minimum absolute atomic E-state index is 0.924. The number of nitrogens with zero attached hydrogens (tertiary/aromatic N) is 2. The molecule has 0 aliphatic rings. The first-order chi connectivity index (χ1) is 11.7. The lowest BCUT2D eigenvalue weighted by atomic mass is 9.97. The Kier molecular flexibility index (Phi) is 3.58. The van der Waals surface area contributed by atoms with Crippen LogP contribution in [0.1, 0.15) is 11.1 Å². The molecule has 0 fully saturated rings. The van der Waals surface area contributed by atoms with Crippen LogP contribution in [-0.2, 0) is 0 Å². The Morgan fingerprint density at radius 3 is 1.29 bits per heavy atom. The van der Waals surface area contributed by atoms with Gasteiger partial charge < -0.3 is 0 Å². The monoisotopic (exact) mass is 310 g/mol. The minimum atomic E-state index is 0.924. The van der Waals surface area contributed by atoms with Crippen molar-refractivity contribution in [3.05, 3.63) is 83.9 Å². The van der Waals surface area contributed by atoms with Crippen LogP contribution in [0.2, 0.25) is 0 Å². The lowest BCUT2D eigenvalue weighted by Gasteiger charge is -2.13. The Balaban J connectivity index is 2.09. The topological polar surface area (TPSA) is 25.8 Å². The van der Waals surface area contributed by atoms with Crippen LogP contribution >= 0.6 is 0 Å². The Morgan fingerprint density at radius 1 is 0.500 bits per heavy atom. The van der Waals surface area contributed by atoms with Gasteiger partial charge in [-0.1, -0.05) is 60.7 Å². The predicted molar refractivity (Wildman–Crippen MR) is 99.9 cm³/mol. The summed E-state index contributed by atoms with van der Waals surface area (Å²) >= 11 is 0. The third-order valence-electron chi connectivity index (χ3n) is 4.37. The van der Waals surface area contributed by atoms with Crippen molar-refractivity contribution in [3.8, 4) is 22.5 Å². The molecule has 0 aliphatic heterocycles. The highest BCUT2D eigenvalue weighted by atomic mass is 14.8. The average molecular weight is 310 g/mol. The van der Waals surface area contributed by atoms with Crippen LogP contribution in [0, 0.1) is 13.8 Å². The lowest BCUT2D eigenvalue weighted by Crippen LogP contribution is -1.97. The van der Waals surface area contributed by atoms with Crippen molar-refractivity contribution in [2.45, 2.75) is 13.8 Å². The fourth-order valence-electron chi connectivity index (χ4n) is 3.05. The maximum absolute atomic E-state index is 4.96. The molecule has 1 aromatic heterocycles. The van der Waals surface area contributed by atoms with Crippen LogP contribution in [0.15, 0.2) is 72.8 Å². The number of aromatic nitrogens is 2. The largest absolute Gasteiger partial charge is 0.244 e. The quantitative estimate of drug-likeness (QED) is 0.483. The van der Waals surface area contributed by atoms with E-state index in [4.69, 9.17) is 9.97 Å². The van der Waals surface area contributed by atoms with Crippen molar-refractivity contribution >= 4 is 11.0 Å². The third kappa shape index (κ3) is 2.46. The smallest absolute Gasteiger partial charge is 0.0975 e. The maximum Gasteiger partial charge on any atom is 0.0975 e. The number of para-hydroxylation sites is 2. The summed E-state index contributed by atoms with van der Waals surface area (Å²) in [6.45, 7) is 4.24. The second-order valence-corrected chi connectivity index (χ2v) is 6.04. The molecule has 0 spiro atoms. The molecule has 4 aromatic rings. The average Bonchev–Trinajstić information content (AvgIpc) is 2.62. The Bertz CT molecular complexity index is 951. The summed E-state index contributed by atoms with van der Waals surface area (Å²) in [5, 5.41) is 0. The highest BCUT2D eigenvalue weighted by molar-refractivity contribution is 5.87. The molecule has 116 valence electrons. The Morgan fingerprint density at radius 2 is 0.875 bits per heavy atom. The summed E-state index contributed by atoms with van der Waals surface area (Å²) in [6, 6.07) is 24.8. The molecule has 3 aromatic carbocycles. The zero-order chi connectivity index (χ0) is 16.5. The van der Waals surface area contributed by atoms with E-state index in [1.807, 2.05) is 24.3 Å². The molecule has 0 atom stereocenters. The van der Waals surface area contributed by atoms with Crippen molar-refractivity contribution in [1.29, 1.82) is 0 Å². The molecule has 0 saturated heterocycles. The minimum Gasteiger partial charge on any atom is -0.244 e. The summed E-state index contributed by atoms with van der Waals surface area (Å²) < 4.78 is 0. The van der Waals surface area contributed by atoms with E-state index in [-0.39, 0.29) is 0 Å². The Hall–Kier alpha value is -3.00. The van der Waals surface area contributed by atoms with Gasteiger partial charge in [-0.3, -0.25) is 0 Å². The third-order valence-corrected chi connectivity index (χ3v) is 4.37. The highest BCUT2D eigenvalue weighted by Crippen LogP contribution is 2.33. The van der Waals surface area contributed by atoms with E-state index < -0.39 is 0 Å². The molecule has 0 N–H and O–H groups in total. The first-order valence-electron chi connectivity index (χ1n) is 8.13. The van der Waals surface area contributed by atoms with Crippen LogP contribution in [0.25, 0.3) is 33.5 Å². The molecule has 0 aliphatic carbocycles. The van der Waals surface area contributed by atoms with Gasteiger partial charge in [0.2, 0.25) is 0 Å². The molecule has 4 rings (SSSR count). The van der Waals surface area contributed by atoms with E-state index in [9.17, 15) is 0 Å². The fraction of sp³-hybridized carbons (Fsp3) is 0.0909. The molecular weight excluding hydrogens is 292 g/mol. The molecule has 2 nitrogen and oxygen atoms in total. The second-order valence-electron chi connectivity index (χ2n) is 6.04. The zero-order valence-corrected chi connectivity index (χ0v) is 13.8. The normalized spacial score (nSPS) is 10.9. The first-order valence-corrected chi connectivity index (χ1v) is 8.13. The molecule has 24 heavy (non-hydrogen) atoms. The standard InChI is InChI=1S/C22H18N2/c1-15-9-3-5-11-17(15)21-22(18-12-6-4-10-16(18)2)24-20-14-8-7-13-19(20)23-21/h3-14H,1-2H3. The molecule has 2 heteroatoms. The predicted octanol–water partition coefficient (Wildman–Crippen LogP) is 5.58. The van der Waals surface area contributed by atoms with Crippen LogP contribution in [0.5, 0.6) is 0 Å². The van der Waals surface area contributed by atoms with Gasteiger partial charge in [0.1, 0.15) is 0 Å². The van der Waals surface area contributed by atoms with E-state index in [0.29, 0.717) is 0 Å². The number of fused-ring (bicyclic) bond motifs is 1. The van der Waals surface area contributed by atoms with Gasteiger partial charge in [-0.25, -0.2) is 9.97 Å². The first kappa shape index (κ1) is 14.6. The van der Waals surface area contributed by atoms with Crippen LogP contribution in [0.3, 0.4) is 0 Å². The van der Waals surface area contributed by atoms with Gasteiger partial charge in [-0.05, 0) is 37.1 Å². The number of hydrogen-bond donors (Lipinski definition) is 0. The van der Waals surface area contributed by atoms with Gasteiger partial charge in [-0.15, -0.1) is 0 Å². The molecule has 0 saturated carbocycles. The highest BCUT2D eigenvalue weighted by Gasteiger charge is 2.15. The van der Waals surface area contributed by atoms with Gasteiger partial charge in [-0.2, -0.15) is 0 Å². The van der Waals surface area contributed by atoms with Crippen LogP contribution in [0.4, 0.5) is 0 Å². The van der Waals surface area contributed by atoms with Gasteiger partial charge >= 0.3 is 0 Å². The number of benzene rings is 3. The summed E-state index contributed by atoms with van der Waals surface area (Å²) in [5.41, 5.74) is 8.42. The summed E-state index contributed by atoms with van der Waals surface area (Å²) in [5.74, 6) is 0. The number of rotatable bonds is 2. The summed E-state index contributed by atoms with van der Waals surface area (Å²) in [6.07, 6.45) is 0. The van der Waals surface area contributed by atoms with Crippen molar-refractivity contribution in [1.82, 2.24) is 9.97 Å². The lowest BCUT2D eigenvalue weighted by molar-refractivity contribution is 1.27. The van der Waals surface area contributed by atoms with Crippen LogP contribution in [-0.4, -0.2) is 9.97 Å². The van der Waals surface area contributed by atoms with Crippen molar-refractivity contribution in [2.75, 3.05) is 0 Å². The summed E-state index contributed by atoms with van der Waals surface area (Å²) in [7, 11) is 0. The molecule has 0 radical (unpaired) electrons. The molecule has 0 amide bonds. The van der Waals surface area contributed by atoms with Gasteiger partial charge in [0.25, 0.3) is 0 Å². The number of aryl methyl sites for hydroxylation is 2. The van der Waals surface area contributed by atoms with E-state index in [0.717, 1.165) is 33.5 Å². The zero-order valence-electron chi connectivity index (χ0n) is 13.8. The maximum atomic E-state index is 4.96. The second kappa shape index (κ2) is 5.89. The fourth-order valence-corrected chi connectivity index (χ4v) is 3.05. The molecule has 0 bridgehead atoms. The SMILES string of the molecule is Cc1ccccc1-c1nc2ccccc2nc1-c1ccccc1C. The molecular formula is C22H18N2. The van der Waals surface area contributed by atoms with Gasteiger partial charge in [0.05, 0.1) is 22.4 Å². The van der Waals surface area contributed by atoms with E-state index in [1.165, 1.54) is 11.1 Å². The van der Waals surface area contributed by atoms with Crippen molar-refractivity contribution in [3.63, 3.8) is 0 Å². The van der Waals surface area contributed by atoms with E-state index in [1.54, 1.807) is 0 Å². The van der Waals surface area contributed by atoms with Gasteiger partial charge in [0, 0.05) is 11.1 Å². The number of hydrogen-bond acceptors (Lipinski definition) is 2. The van der Waals surface area contributed by atoms with E-state index >= 15 is 0 Å². The van der Waals surface area contributed by atoms with E-state index in [2.05, 4.69) is 62.4 Å². The molecule has 0 unspecified atom stereocenters. The van der Waals surface area contributed by atoms with Gasteiger partial charge in [0.15, 0.2) is 0 Å². The Labute approximate surface area is 141 Å².